The van der Waals surface area contributed by atoms with Crippen LogP contribution in [0.5, 0.6) is 5.75 Å². The van der Waals surface area contributed by atoms with Crippen molar-refractivity contribution in [3.05, 3.63) is 77.6 Å². The Morgan fingerprint density at radius 3 is 2.63 bits per heavy atom. The lowest BCUT2D eigenvalue weighted by atomic mass is 10.1. The van der Waals surface area contributed by atoms with Gasteiger partial charge < -0.3 is 14.6 Å². The molecule has 1 aliphatic heterocycles. The number of H-pyrrole nitrogens is 1. The number of hydrogen-bond donors (Lipinski definition) is 1. The van der Waals surface area contributed by atoms with Gasteiger partial charge in [-0.05, 0) is 36.2 Å². The molecule has 0 unspecified atom stereocenters. The number of hydrogen-bond acceptors (Lipinski definition) is 5. The number of aromatic nitrogens is 3. The summed E-state index contributed by atoms with van der Waals surface area (Å²) in [7, 11) is 0. The number of carbonyl (C=O) groups is 1. The van der Waals surface area contributed by atoms with Crippen molar-refractivity contribution < 1.29 is 9.53 Å². The zero-order valence-electron chi connectivity index (χ0n) is 17.3. The Morgan fingerprint density at radius 1 is 1.13 bits per heavy atom. The van der Waals surface area contributed by atoms with Crippen molar-refractivity contribution in [3.8, 4) is 5.75 Å². The van der Waals surface area contributed by atoms with Gasteiger partial charge in [-0.25, -0.2) is 9.78 Å². The largest absolute Gasteiger partial charge is 0.415 e. The number of nitrogens with zero attached hydrogens (tertiary/aromatic N) is 4. The quantitative estimate of drug-likeness (QED) is 0.682. The number of piperazine rings is 1. The summed E-state index contributed by atoms with van der Waals surface area (Å²) in [5, 5.41) is 0. The number of carbonyl (C=O) groups excluding carboxylic acids is 1. The second-order valence-electron chi connectivity index (χ2n) is 7.61. The normalized spacial score (nSPS) is 14.6. The van der Waals surface area contributed by atoms with Crippen LogP contribution in [-0.2, 0) is 12.8 Å². The van der Waals surface area contributed by atoms with Crippen LogP contribution in [0.2, 0.25) is 0 Å². The third-order valence-electron chi connectivity index (χ3n) is 5.50. The first-order valence-corrected chi connectivity index (χ1v) is 10.3. The Kier molecular flexibility index (Phi) is 6.39. The van der Waals surface area contributed by atoms with E-state index in [9.17, 15) is 4.79 Å². The topological polar surface area (TPSA) is 74.3 Å². The summed E-state index contributed by atoms with van der Waals surface area (Å²) in [5.74, 6) is 0.572. The maximum Gasteiger partial charge on any atom is 0.415 e. The molecule has 0 atom stereocenters. The SMILES string of the molecule is Cc1cccnc1Cc1ccc(OC(=O)N2CCN(CCc3cnc[nH]3)CC2)cc1. The fraction of sp³-hybridized carbons (Fsp3) is 0.348. The maximum absolute atomic E-state index is 12.5. The molecule has 7 nitrogen and oxygen atoms in total. The van der Waals surface area contributed by atoms with E-state index >= 15 is 0 Å². The first kappa shape index (κ1) is 20.1. The molecule has 1 N–H and O–H groups in total. The van der Waals surface area contributed by atoms with Crippen molar-refractivity contribution in [3.63, 3.8) is 0 Å². The molecule has 0 spiro atoms. The second kappa shape index (κ2) is 9.54. The van der Waals surface area contributed by atoms with Crippen LogP contribution in [0.15, 0.2) is 55.1 Å². The van der Waals surface area contributed by atoms with Gasteiger partial charge in [0, 0.05) is 69.3 Å². The Labute approximate surface area is 176 Å². The fourth-order valence-corrected chi connectivity index (χ4v) is 3.59. The van der Waals surface area contributed by atoms with Gasteiger partial charge in [-0.1, -0.05) is 18.2 Å². The van der Waals surface area contributed by atoms with Crippen molar-refractivity contribution in [2.45, 2.75) is 19.8 Å². The second-order valence-corrected chi connectivity index (χ2v) is 7.61. The third kappa shape index (κ3) is 5.24. The van der Waals surface area contributed by atoms with Crippen LogP contribution in [0.3, 0.4) is 0 Å². The number of benzene rings is 1. The zero-order valence-corrected chi connectivity index (χ0v) is 17.3. The van der Waals surface area contributed by atoms with E-state index in [0.29, 0.717) is 18.8 Å². The summed E-state index contributed by atoms with van der Waals surface area (Å²) in [6.45, 7) is 6.09. The Hall–Kier alpha value is -3.19. The highest BCUT2D eigenvalue weighted by Gasteiger charge is 2.22. The number of imidazole rings is 1. The van der Waals surface area contributed by atoms with Gasteiger partial charge >= 0.3 is 6.09 Å². The summed E-state index contributed by atoms with van der Waals surface area (Å²) < 4.78 is 5.58. The van der Waals surface area contributed by atoms with Crippen molar-refractivity contribution in [1.82, 2.24) is 24.8 Å². The van der Waals surface area contributed by atoms with Gasteiger partial charge in [0.1, 0.15) is 5.75 Å². The molecule has 3 aromatic rings. The van der Waals surface area contributed by atoms with Crippen LogP contribution in [0, 0.1) is 6.92 Å². The van der Waals surface area contributed by atoms with Crippen molar-refractivity contribution in [2.75, 3.05) is 32.7 Å². The van der Waals surface area contributed by atoms with Crippen molar-refractivity contribution in [2.24, 2.45) is 0 Å². The molecular weight excluding hydrogens is 378 g/mol. The van der Waals surface area contributed by atoms with E-state index in [4.69, 9.17) is 4.74 Å². The zero-order chi connectivity index (χ0) is 20.8. The van der Waals surface area contributed by atoms with Crippen molar-refractivity contribution >= 4 is 6.09 Å². The van der Waals surface area contributed by atoms with E-state index in [1.807, 2.05) is 42.7 Å². The highest BCUT2D eigenvalue weighted by atomic mass is 16.6. The van der Waals surface area contributed by atoms with Gasteiger partial charge in [0.15, 0.2) is 0 Å². The molecule has 0 bridgehead atoms. The van der Waals surface area contributed by atoms with Gasteiger partial charge in [-0.15, -0.1) is 0 Å². The molecule has 4 rings (SSSR count). The molecule has 0 radical (unpaired) electrons. The molecule has 0 saturated carbocycles. The lowest BCUT2D eigenvalue weighted by Gasteiger charge is -2.33. The number of aryl methyl sites for hydroxylation is 1. The number of pyridine rings is 1. The van der Waals surface area contributed by atoms with Crippen LogP contribution in [0.25, 0.3) is 0 Å². The van der Waals surface area contributed by atoms with Gasteiger partial charge in [-0.2, -0.15) is 0 Å². The molecule has 1 aliphatic rings. The van der Waals surface area contributed by atoms with Crippen LogP contribution in [0.4, 0.5) is 4.79 Å². The highest BCUT2D eigenvalue weighted by molar-refractivity contribution is 5.70. The molecule has 7 heteroatoms. The Morgan fingerprint density at radius 2 is 1.93 bits per heavy atom. The molecule has 156 valence electrons. The number of aromatic amines is 1. The Bertz CT molecular complexity index is 948. The molecule has 3 heterocycles. The molecule has 1 aromatic carbocycles. The molecule has 0 aliphatic carbocycles. The van der Waals surface area contributed by atoms with E-state index in [0.717, 1.165) is 49.4 Å². The van der Waals surface area contributed by atoms with Gasteiger partial charge in [0.25, 0.3) is 0 Å². The van der Waals surface area contributed by atoms with Gasteiger partial charge in [0.2, 0.25) is 0 Å². The number of nitrogens with one attached hydrogen (secondary N) is 1. The first-order valence-electron chi connectivity index (χ1n) is 10.3. The van der Waals surface area contributed by atoms with Crippen LogP contribution < -0.4 is 4.74 Å². The maximum atomic E-state index is 12.5. The van der Waals surface area contributed by atoms with Crippen molar-refractivity contribution in [1.29, 1.82) is 0 Å². The van der Waals surface area contributed by atoms with Crippen LogP contribution in [-0.4, -0.2) is 63.6 Å². The van der Waals surface area contributed by atoms with Crippen LogP contribution in [0.1, 0.15) is 22.5 Å². The van der Waals surface area contributed by atoms with E-state index in [1.54, 1.807) is 11.2 Å². The summed E-state index contributed by atoms with van der Waals surface area (Å²) in [4.78, 5) is 28.2. The molecule has 2 aromatic heterocycles. The lowest BCUT2D eigenvalue weighted by molar-refractivity contribution is 0.111. The molecule has 1 saturated heterocycles. The van der Waals surface area contributed by atoms with Gasteiger partial charge in [0.05, 0.1) is 6.33 Å². The van der Waals surface area contributed by atoms with E-state index in [-0.39, 0.29) is 6.09 Å². The number of ether oxygens (including phenoxy) is 1. The molecule has 1 fully saturated rings. The average Bonchev–Trinajstić information content (AvgIpc) is 3.29. The average molecular weight is 406 g/mol. The number of amides is 1. The van der Waals surface area contributed by atoms with Gasteiger partial charge in [-0.3, -0.25) is 9.88 Å². The Balaban J connectivity index is 1.23. The van der Waals surface area contributed by atoms with Crippen LogP contribution >= 0.6 is 0 Å². The van der Waals surface area contributed by atoms with E-state index in [1.165, 1.54) is 5.56 Å². The minimum absolute atomic E-state index is 0.281. The predicted octanol–water partition coefficient (Wildman–Crippen LogP) is 3.06. The first-order chi connectivity index (χ1) is 14.7. The lowest BCUT2D eigenvalue weighted by Crippen LogP contribution is -2.49. The molecule has 30 heavy (non-hydrogen) atoms. The summed E-state index contributed by atoms with van der Waals surface area (Å²) in [6.07, 6.45) is 6.80. The summed E-state index contributed by atoms with van der Waals surface area (Å²) in [6, 6.07) is 11.7. The monoisotopic (exact) mass is 405 g/mol. The summed E-state index contributed by atoms with van der Waals surface area (Å²) >= 11 is 0. The number of rotatable bonds is 6. The smallest absolute Gasteiger partial charge is 0.410 e. The van der Waals surface area contributed by atoms with E-state index in [2.05, 4.69) is 32.8 Å². The highest BCUT2D eigenvalue weighted by Crippen LogP contribution is 2.17. The summed E-state index contributed by atoms with van der Waals surface area (Å²) in [5.41, 5.74) is 4.52. The third-order valence-corrected chi connectivity index (χ3v) is 5.50. The minimum atomic E-state index is -0.281. The molecular formula is C23H27N5O2. The molecule has 1 amide bonds. The predicted molar refractivity (Wildman–Crippen MR) is 115 cm³/mol. The van der Waals surface area contributed by atoms with E-state index < -0.39 is 0 Å². The minimum Gasteiger partial charge on any atom is -0.410 e. The standard InChI is InChI=1S/C23H27N5O2/c1-18-3-2-9-25-22(18)15-19-4-6-21(7-5-19)30-23(29)28-13-11-27(12-14-28)10-8-20-16-24-17-26-20/h2-7,9,16-17H,8,10-15H2,1H3,(H,24,26). The fourth-order valence-electron chi connectivity index (χ4n) is 3.59.